The minimum atomic E-state index is 0.0929. The monoisotopic (exact) mass is 408 g/mol. The number of para-hydroxylation sites is 1. The molecular weight excluding hydrogens is 380 g/mol. The Morgan fingerprint density at radius 1 is 1.00 bits per heavy atom. The molecule has 5 nitrogen and oxygen atoms in total. The van der Waals surface area contributed by atoms with Crippen LogP contribution < -0.4 is 14.8 Å². The highest BCUT2D eigenvalue weighted by Gasteiger charge is 2.10. The number of rotatable bonds is 8. The molecule has 2 aromatic carbocycles. The first-order chi connectivity index (χ1) is 13.9. The van der Waals surface area contributed by atoms with E-state index in [0.717, 1.165) is 34.3 Å². The Kier molecular flexibility index (Phi) is 7.12. The number of ether oxygens (including phenoxy) is 1. The lowest BCUT2D eigenvalue weighted by Gasteiger charge is -2.19. The third-order valence-electron chi connectivity index (χ3n) is 3.95. The molecule has 0 atom stereocenters. The Hall–Kier alpha value is -2.57. The molecule has 0 spiro atoms. The van der Waals surface area contributed by atoms with E-state index in [4.69, 9.17) is 4.74 Å². The normalized spacial score (nSPS) is 11.3. The maximum absolute atomic E-state index is 5.74. The van der Waals surface area contributed by atoms with Gasteiger partial charge < -0.3 is 10.1 Å². The number of nitrogens with one attached hydrogen (secondary N) is 2. The van der Waals surface area contributed by atoms with Crippen molar-refractivity contribution < 1.29 is 4.74 Å². The molecule has 29 heavy (non-hydrogen) atoms. The molecule has 0 radical (unpaired) electrons. The predicted octanol–water partition coefficient (Wildman–Crippen LogP) is 5.82. The zero-order valence-corrected chi connectivity index (χ0v) is 18.2. The standard InChI is InChI=1S/C23H28N4OS/c1-5-28-21-12-7-6-11-19(21)20-14-22(25-16-24-20)26-18-10-8-9-17(13-18)15-29-27-23(2,3)4/h6-14,16,27H,5,15H2,1-4H3,(H,24,25,26). The lowest BCUT2D eigenvalue weighted by molar-refractivity contribution is 0.341. The molecule has 0 amide bonds. The van der Waals surface area contributed by atoms with Crippen LogP contribution in [0.1, 0.15) is 33.3 Å². The first kappa shape index (κ1) is 21.1. The van der Waals surface area contributed by atoms with E-state index in [2.05, 4.69) is 59.0 Å². The van der Waals surface area contributed by atoms with Gasteiger partial charge in [-0.1, -0.05) is 36.2 Å². The van der Waals surface area contributed by atoms with Crippen LogP contribution in [0.25, 0.3) is 11.3 Å². The SMILES string of the molecule is CCOc1ccccc1-c1cc(Nc2cccc(CSNC(C)(C)C)c2)ncn1. The summed E-state index contributed by atoms with van der Waals surface area (Å²) >= 11 is 1.72. The fraction of sp³-hybridized carbons (Fsp3) is 0.304. The average Bonchev–Trinajstić information content (AvgIpc) is 2.68. The molecule has 3 rings (SSSR count). The molecule has 0 saturated heterocycles. The van der Waals surface area contributed by atoms with E-state index in [0.29, 0.717) is 6.61 Å². The number of hydrogen-bond donors (Lipinski definition) is 2. The number of nitrogens with zero attached hydrogens (tertiary/aromatic N) is 2. The van der Waals surface area contributed by atoms with Crippen LogP contribution in [0.4, 0.5) is 11.5 Å². The summed E-state index contributed by atoms with van der Waals surface area (Å²) in [7, 11) is 0. The van der Waals surface area contributed by atoms with E-state index in [1.807, 2.05) is 43.3 Å². The van der Waals surface area contributed by atoms with Gasteiger partial charge in [0.1, 0.15) is 17.9 Å². The lowest BCUT2D eigenvalue weighted by Crippen LogP contribution is -2.29. The van der Waals surface area contributed by atoms with Crippen LogP contribution in [0.2, 0.25) is 0 Å². The molecule has 0 aliphatic carbocycles. The molecule has 0 bridgehead atoms. The highest BCUT2D eigenvalue weighted by atomic mass is 32.2. The van der Waals surface area contributed by atoms with Gasteiger partial charge in [-0.3, -0.25) is 4.72 Å². The van der Waals surface area contributed by atoms with Crippen LogP contribution in [-0.2, 0) is 5.75 Å². The average molecular weight is 409 g/mol. The minimum Gasteiger partial charge on any atom is -0.493 e. The van der Waals surface area contributed by atoms with Gasteiger partial charge in [0.2, 0.25) is 0 Å². The van der Waals surface area contributed by atoms with Crippen molar-refractivity contribution in [1.82, 2.24) is 14.7 Å². The summed E-state index contributed by atoms with van der Waals surface area (Å²) in [5, 5.41) is 3.39. The van der Waals surface area contributed by atoms with Gasteiger partial charge in [-0.2, -0.15) is 0 Å². The van der Waals surface area contributed by atoms with Gasteiger partial charge >= 0.3 is 0 Å². The molecule has 2 N–H and O–H groups in total. The van der Waals surface area contributed by atoms with Crippen molar-refractivity contribution >= 4 is 23.5 Å². The smallest absolute Gasteiger partial charge is 0.134 e. The molecule has 0 unspecified atom stereocenters. The molecule has 3 aromatic rings. The fourth-order valence-corrected chi connectivity index (χ4v) is 3.61. The van der Waals surface area contributed by atoms with Gasteiger partial charge in [-0.15, -0.1) is 0 Å². The molecule has 1 aromatic heterocycles. The summed E-state index contributed by atoms with van der Waals surface area (Å²) in [5.41, 5.74) is 4.12. The van der Waals surface area contributed by atoms with Gasteiger partial charge in [-0.25, -0.2) is 9.97 Å². The predicted molar refractivity (Wildman–Crippen MR) is 123 cm³/mol. The van der Waals surface area contributed by atoms with E-state index < -0.39 is 0 Å². The van der Waals surface area contributed by atoms with E-state index in [-0.39, 0.29) is 5.54 Å². The third kappa shape index (κ3) is 6.48. The second-order valence-electron chi connectivity index (χ2n) is 7.68. The second-order valence-corrected chi connectivity index (χ2v) is 8.47. The number of benzene rings is 2. The van der Waals surface area contributed by atoms with Crippen molar-refractivity contribution in [3.8, 4) is 17.0 Å². The maximum atomic E-state index is 5.74. The Labute approximate surface area is 177 Å². The summed E-state index contributed by atoms with van der Waals surface area (Å²) < 4.78 is 9.18. The molecule has 6 heteroatoms. The van der Waals surface area contributed by atoms with Gasteiger partial charge in [0.25, 0.3) is 0 Å². The van der Waals surface area contributed by atoms with Gasteiger partial charge in [0.05, 0.1) is 12.3 Å². The third-order valence-corrected chi connectivity index (χ3v) is 5.18. The Morgan fingerprint density at radius 3 is 2.62 bits per heavy atom. The van der Waals surface area contributed by atoms with Gasteiger partial charge in [0, 0.05) is 28.6 Å². The van der Waals surface area contributed by atoms with E-state index in [1.165, 1.54) is 5.56 Å². The molecular formula is C23H28N4OS. The Balaban J connectivity index is 1.73. The lowest BCUT2D eigenvalue weighted by atomic mass is 10.1. The van der Waals surface area contributed by atoms with Crippen molar-refractivity contribution in [2.75, 3.05) is 11.9 Å². The number of aromatic nitrogens is 2. The number of anilines is 2. The summed E-state index contributed by atoms with van der Waals surface area (Å²) in [6.07, 6.45) is 1.58. The number of hydrogen-bond acceptors (Lipinski definition) is 6. The van der Waals surface area contributed by atoms with E-state index in [9.17, 15) is 0 Å². The molecule has 1 heterocycles. The quantitative estimate of drug-likeness (QED) is 0.458. The second kappa shape index (κ2) is 9.76. The Morgan fingerprint density at radius 2 is 1.83 bits per heavy atom. The maximum Gasteiger partial charge on any atom is 0.134 e. The molecule has 0 aliphatic rings. The van der Waals surface area contributed by atoms with Crippen LogP contribution in [0.5, 0.6) is 5.75 Å². The summed E-state index contributed by atoms with van der Waals surface area (Å²) in [4.78, 5) is 8.81. The van der Waals surface area contributed by atoms with Gasteiger partial charge in [-0.05, 0) is 57.5 Å². The zero-order valence-electron chi connectivity index (χ0n) is 17.4. The van der Waals surface area contributed by atoms with Crippen molar-refractivity contribution in [1.29, 1.82) is 0 Å². The van der Waals surface area contributed by atoms with Crippen molar-refractivity contribution in [2.24, 2.45) is 0 Å². The molecule has 0 saturated carbocycles. The first-order valence-electron chi connectivity index (χ1n) is 9.74. The summed E-state index contributed by atoms with van der Waals surface area (Å²) in [5.74, 6) is 2.47. The fourth-order valence-electron chi connectivity index (χ4n) is 2.76. The highest BCUT2D eigenvalue weighted by molar-refractivity contribution is 7.96. The molecule has 0 aliphatic heterocycles. The van der Waals surface area contributed by atoms with Crippen LogP contribution >= 0.6 is 11.9 Å². The topological polar surface area (TPSA) is 59.1 Å². The Bertz CT molecular complexity index is 940. The largest absolute Gasteiger partial charge is 0.493 e. The highest BCUT2D eigenvalue weighted by Crippen LogP contribution is 2.30. The molecule has 0 fully saturated rings. The summed E-state index contributed by atoms with van der Waals surface area (Å²) in [6, 6.07) is 18.2. The van der Waals surface area contributed by atoms with Crippen molar-refractivity contribution in [3.05, 3.63) is 66.5 Å². The zero-order chi connectivity index (χ0) is 20.7. The van der Waals surface area contributed by atoms with Crippen LogP contribution in [0, 0.1) is 0 Å². The van der Waals surface area contributed by atoms with E-state index >= 15 is 0 Å². The summed E-state index contributed by atoms with van der Waals surface area (Å²) in [6.45, 7) is 9.07. The van der Waals surface area contributed by atoms with Crippen molar-refractivity contribution in [2.45, 2.75) is 39.0 Å². The van der Waals surface area contributed by atoms with Gasteiger partial charge in [0.15, 0.2) is 0 Å². The van der Waals surface area contributed by atoms with Crippen molar-refractivity contribution in [3.63, 3.8) is 0 Å². The minimum absolute atomic E-state index is 0.0929. The van der Waals surface area contributed by atoms with E-state index in [1.54, 1.807) is 18.3 Å². The van der Waals surface area contributed by atoms with Crippen LogP contribution in [-0.4, -0.2) is 22.1 Å². The van der Waals surface area contributed by atoms with Crippen LogP contribution in [0.15, 0.2) is 60.9 Å². The molecule has 152 valence electrons. The van der Waals surface area contributed by atoms with Crippen LogP contribution in [0.3, 0.4) is 0 Å². The first-order valence-corrected chi connectivity index (χ1v) is 10.7.